The summed E-state index contributed by atoms with van der Waals surface area (Å²) in [4.78, 5) is 12.7. The molecule has 1 aromatic heterocycles. The smallest absolute Gasteiger partial charge is 0.261 e. The SMILES string of the molecule is O=C(NCC1(O)CNC1)c1cc2ccccc2s1. The summed E-state index contributed by atoms with van der Waals surface area (Å²) in [5.41, 5.74) is -0.771. The molecule has 0 radical (unpaired) electrons. The van der Waals surface area contributed by atoms with Gasteiger partial charge in [-0.15, -0.1) is 11.3 Å². The second-order valence-electron chi connectivity index (χ2n) is 4.66. The maximum absolute atomic E-state index is 12.0. The zero-order chi connectivity index (χ0) is 12.6. The standard InChI is InChI=1S/C13H14N2O2S/c16-12(15-8-13(17)6-14-7-13)11-5-9-3-1-2-4-10(9)18-11/h1-5,14,17H,6-8H2,(H,15,16). The Hall–Kier alpha value is -1.43. The van der Waals surface area contributed by atoms with Crippen molar-refractivity contribution in [2.75, 3.05) is 19.6 Å². The summed E-state index contributed by atoms with van der Waals surface area (Å²) in [5, 5.41) is 16.7. The third kappa shape index (κ3) is 2.12. The van der Waals surface area contributed by atoms with Crippen molar-refractivity contribution in [1.29, 1.82) is 0 Å². The highest BCUT2D eigenvalue weighted by Gasteiger charge is 2.34. The van der Waals surface area contributed by atoms with Gasteiger partial charge in [0.1, 0.15) is 5.60 Å². The van der Waals surface area contributed by atoms with Gasteiger partial charge in [-0.2, -0.15) is 0 Å². The van der Waals surface area contributed by atoms with Crippen molar-refractivity contribution in [3.63, 3.8) is 0 Å². The lowest BCUT2D eigenvalue weighted by atomic mass is 9.97. The number of amides is 1. The van der Waals surface area contributed by atoms with Crippen molar-refractivity contribution in [2.45, 2.75) is 5.60 Å². The first-order valence-corrected chi connectivity index (χ1v) is 6.68. The van der Waals surface area contributed by atoms with Crippen LogP contribution in [0, 0.1) is 0 Å². The molecule has 1 aliphatic heterocycles. The fourth-order valence-corrected chi connectivity index (χ4v) is 2.94. The highest BCUT2D eigenvalue weighted by Crippen LogP contribution is 2.25. The minimum absolute atomic E-state index is 0.114. The van der Waals surface area contributed by atoms with Crippen LogP contribution in [0.4, 0.5) is 0 Å². The average Bonchev–Trinajstić information content (AvgIpc) is 2.77. The van der Waals surface area contributed by atoms with Crippen molar-refractivity contribution in [2.24, 2.45) is 0 Å². The molecule has 0 aliphatic carbocycles. The van der Waals surface area contributed by atoms with E-state index in [9.17, 15) is 9.90 Å². The van der Waals surface area contributed by atoms with Crippen molar-refractivity contribution in [3.05, 3.63) is 35.2 Å². The maximum atomic E-state index is 12.0. The normalized spacial score (nSPS) is 17.4. The minimum Gasteiger partial charge on any atom is -0.385 e. The predicted molar refractivity (Wildman–Crippen MR) is 72.0 cm³/mol. The number of hydrogen-bond donors (Lipinski definition) is 3. The zero-order valence-corrected chi connectivity index (χ0v) is 10.6. The molecule has 4 nitrogen and oxygen atoms in total. The van der Waals surface area contributed by atoms with Gasteiger partial charge in [-0.1, -0.05) is 18.2 Å². The minimum atomic E-state index is -0.771. The maximum Gasteiger partial charge on any atom is 0.261 e. The molecule has 1 fully saturated rings. The molecule has 0 saturated carbocycles. The Morgan fingerprint density at radius 2 is 2.22 bits per heavy atom. The van der Waals surface area contributed by atoms with Crippen LogP contribution in [0.15, 0.2) is 30.3 Å². The van der Waals surface area contributed by atoms with E-state index in [1.807, 2.05) is 30.3 Å². The van der Waals surface area contributed by atoms with Crippen LogP contribution in [0.3, 0.4) is 0 Å². The van der Waals surface area contributed by atoms with Crippen molar-refractivity contribution in [3.8, 4) is 0 Å². The summed E-state index contributed by atoms with van der Waals surface area (Å²) in [7, 11) is 0. The molecule has 18 heavy (non-hydrogen) atoms. The van der Waals surface area contributed by atoms with E-state index in [4.69, 9.17) is 0 Å². The second-order valence-corrected chi connectivity index (χ2v) is 5.74. The number of rotatable bonds is 3. The molecule has 3 N–H and O–H groups in total. The van der Waals surface area contributed by atoms with E-state index in [1.54, 1.807) is 0 Å². The third-order valence-electron chi connectivity index (χ3n) is 3.14. The molecule has 2 heterocycles. The molecular formula is C13H14N2O2S. The molecule has 0 atom stereocenters. The van der Waals surface area contributed by atoms with Crippen LogP contribution < -0.4 is 10.6 Å². The number of benzene rings is 1. The first-order chi connectivity index (χ1) is 8.66. The molecule has 0 spiro atoms. The Kier molecular flexibility index (Phi) is 2.81. The van der Waals surface area contributed by atoms with Gasteiger partial charge in [-0.3, -0.25) is 4.79 Å². The Bertz CT molecular complexity index is 556. The van der Waals surface area contributed by atoms with Crippen molar-refractivity contribution in [1.82, 2.24) is 10.6 Å². The fourth-order valence-electron chi connectivity index (χ4n) is 1.96. The van der Waals surface area contributed by atoms with Crippen molar-refractivity contribution < 1.29 is 9.90 Å². The van der Waals surface area contributed by atoms with E-state index in [1.165, 1.54) is 11.3 Å². The fraction of sp³-hybridized carbons (Fsp3) is 0.308. The number of thiophene rings is 1. The van der Waals surface area contributed by atoms with Crippen LogP contribution in [0.5, 0.6) is 0 Å². The molecule has 1 saturated heterocycles. The first-order valence-electron chi connectivity index (χ1n) is 5.86. The van der Waals surface area contributed by atoms with Gasteiger partial charge in [-0.05, 0) is 17.5 Å². The summed E-state index contributed by atoms with van der Waals surface area (Å²) >= 11 is 1.47. The number of fused-ring (bicyclic) bond motifs is 1. The molecule has 1 amide bonds. The van der Waals surface area contributed by atoms with Gasteiger partial charge in [0.2, 0.25) is 0 Å². The van der Waals surface area contributed by atoms with Gasteiger partial charge in [0.15, 0.2) is 0 Å². The van der Waals surface area contributed by atoms with Crippen LogP contribution in [-0.4, -0.2) is 36.2 Å². The number of carbonyl (C=O) groups excluding carboxylic acids is 1. The van der Waals surface area contributed by atoms with E-state index >= 15 is 0 Å². The number of β-amino-alcohol motifs (C(OH)–C–C–N with tert-alkyl or cyclic N) is 1. The Morgan fingerprint density at radius 1 is 1.44 bits per heavy atom. The highest BCUT2D eigenvalue weighted by molar-refractivity contribution is 7.20. The molecule has 1 aromatic carbocycles. The van der Waals surface area contributed by atoms with Crippen LogP contribution in [0.1, 0.15) is 9.67 Å². The average molecular weight is 262 g/mol. The van der Waals surface area contributed by atoms with E-state index in [-0.39, 0.29) is 5.91 Å². The molecule has 94 valence electrons. The van der Waals surface area contributed by atoms with E-state index in [2.05, 4.69) is 10.6 Å². The molecule has 2 aromatic rings. The van der Waals surface area contributed by atoms with Crippen LogP contribution in [-0.2, 0) is 0 Å². The Morgan fingerprint density at radius 3 is 2.89 bits per heavy atom. The quantitative estimate of drug-likeness (QED) is 0.772. The lowest BCUT2D eigenvalue weighted by Crippen LogP contribution is -2.64. The summed E-state index contributed by atoms with van der Waals surface area (Å²) < 4.78 is 1.10. The highest BCUT2D eigenvalue weighted by atomic mass is 32.1. The largest absolute Gasteiger partial charge is 0.385 e. The van der Waals surface area contributed by atoms with Gasteiger partial charge < -0.3 is 15.7 Å². The molecule has 3 rings (SSSR count). The molecule has 0 unspecified atom stereocenters. The summed E-state index contributed by atoms with van der Waals surface area (Å²) in [6.45, 7) is 1.38. The van der Waals surface area contributed by atoms with Gasteiger partial charge in [0, 0.05) is 24.3 Å². The summed E-state index contributed by atoms with van der Waals surface area (Å²) in [5.74, 6) is -0.114. The second kappa shape index (κ2) is 4.35. The predicted octanol–water partition coefficient (Wildman–Crippen LogP) is 0.965. The monoisotopic (exact) mass is 262 g/mol. The lowest BCUT2D eigenvalue weighted by Gasteiger charge is -2.37. The van der Waals surface area contributed by atoms with Crippen LogP contribution >= 0.6 is 11.3 Å². The summed E-state index contributed by atoms with van der Waals surface area (Å²) in [6.07, 6.45) is 0. The Balaban J connectivity index is 1.71. The first kappa shape index (κ1) is 11.6. The topological polar surface area (TPSA) is 61.4 Å². The summed E-state index contributed by atoms with van der Waals surface area (Å²) in [6, 6.07) is 9.80. The Labute approximate surface area is 109 Å². The molecular weight excluding hydrogens is 248 g/mol. The van der Waals surface area contributed by atoms with E-state index < -0.39 is 5.60 Å². The molecule has 0 bridgehead atoms. The van der Waals surface area contributed by atoms with Gasteiger partial charge in [-0.25, -0.2) is 0 Å². The number of aliphatic hydroxyl groups is 1. The van der Waals surface area contributed by atoms with E-state index in [0.29, 0.717) is 24.5 Å². The molecule has 1 aliphatic rings. The van der Waals surface area contributed by atoms with Crippen molar-refractivity contribution >= 4 is 27.3 Å². The van der Waals surface area contributed by atoms with Gasteiger partial charge in [0.05, 0.1) is 4.88 Å². The lowest BCUT2D eigenvalue weighted by molar-refractivity contribution is -0.00756. The number of carbonyl (C=O) groups is 1. The third-order valence-corrected chi connectivity index (χ3v) is 4.25. The van der Waals surface area contributed by atoms with Crippen LogP contribution in [0.2, 0.25) is 0 Å². The number of nitrogens with one attached hydrogen (secondary N) is 2. The van der Waals surface area contributed by atoms with Gasteiger partial charge in [0.25, 0.3) is 5.91 Å². The van der Waals surface area contributed by atoms with Crippen LogP contribution in [0.25, 0.3) is 10.1 Å². The number of hydrogen-bond acceptors (Lipinski definition) is 4. The molecule has 5 heteroatoms. The van der Waals surface area contributed by atoms with E-state index in [0.717, 1.165) is 10.1 Å². The van der Waals surface area contributed by atoms with Gasteiger partial charge >= 0.3 is 0 Å². The zero-order valence-electron chi connectivity index (χ0n) is 9.77.